The van der Waals surface area contributed by atoms with E-state index in [4.69, 9.17) is 0 Å². The molecule has 1 unspecified atom stereocenters. The number of carbonyl (C=O) groups excluding carboxylic acids is 1. The number of rotatable bonds is 3. The lowest BCUT2D eigenvalue weighted by molar-refractivity contribution is -0.134. The van der Waals surface area contributed by atoms with Gasteiger partial charge in [0.2, 0.25) is 5.91 Å². The third-order valence-corrected chi connectivity index (χ3v) is 4.27. The van der Waals surface area contributed by atoms with Gasteiger partial charge in [-0.3, -0.25) is 9.69 Å². The minimum atomic E-state index is 0.313. The molecule has 1 N–H and O–H groups in total. The van der Waals surface area contributed by atoms with Crippen LogP contribution in [0.3, 0.4) is 0 Å². The molecule has 2 heterocycles. The van der Waals surface area contributed by atoms with Gasteiger partial charge in [0.05, 0.1) is 6.54 Å². The zero-order valence-electron chi connectivity index (χ0n) is 12.4. The van der Waals surface area contributed by atoms with E-state index in [1.807, 2.05) is 0 Å². The highest BCUT2D eigenvalue weighted by molar-refractivity contribution is 5.78. The second-order valence-corrected chi connectivity index (χ2v) is 5.98. The molecule has 0 aliphatic carbocycles. The van der Waals surface area contributed by atoms with Gasteiger partial charge in [-0.2, -0.15) is 0 Å². The summed E-state index contributed by atoms with van der Waals surface area (Å²) in [4.78, 5) is 19.0. The number of piperidine rings is 1. The van der Waals surface area contributed by atoms with Crippen LogP contribution >= 0.6 is 0 Å². The van der Waals surface area contributed by atoms with Crippen LogP contribution in [0.4, 0.5) is 0 Å². The Balaban J connectivity index is 1.81. The smallest absolute Gasteiger partial charge is 0.236 e. The summed E-state index contributed by atoms with van der Waals surface area (Å²) in [5.74, 6) is 0.313. The first-order valence-corrected chi connectivity index (χ1v) is 7.54. The van der Waals surface area contributed by atoms with Crippen molar-refractivity contribution < 1.29 is 4.79 Å². The van der Waals surface area contributed by atoms with Gasteiger partial charge >= 0.3 is 0 Å². The van der Waals surface area contributed by atoms with Crippen molar-refractivity contribution in [3.8, 4) is 0 Å². The molecule has 2 saturated heterocycles. The van der Waals surface area contributed by atoms with E-state index in [2.05, 4.69) is 34.1 Å². The lowest BCUT2D eigenvalue weighted by Gasteiger charge is -2.37. The van der Waals surface area contributed by atoms with Crippen molar-refractivity contribution in [3.05, 3.63) is 0 Å². The Bertz CT molecular complexity index is 287. The fourth-order valence-corrected chi connectivity index (χ4v) is 2.95. The maximum Gasteiger partial charge on any atom is 0.236 e. The van der Waals surface area contributed by atoms with Gasteiger partial charge in [0, 0.05) is 32.2 Å². The molecule has 0 saturated carbocycles. The molecule has 0 aromatic carbocycles. The quantitative estimate of drug-likeness (QED) is 0.772. The van der Waals surface area contributed by atoms with Crippen LogP contribution in [0.25, 0.3) is 0 Å². The van der Waals surface area contributed by atoms with E-state index in [-0.39, 0.29) is 0 Å². The van der Waals surface area contributed by atoms with Gasteiger partial charge in [-0.25, -0.2) is 0 Å². The highest BCUT2D eigenvalue weighted by Crippen LogP contribution is 2.14. The Labute approximate surface area is 116 Å². The Morgan fingerprint density at radius 2 is 2.05 bits per heavy atom. The van der Waals surface area contributed by atoms with Crippen LogP contribution in [0.2, 0.25) is 0 Å². The first kappa shape index (κ1) is 14.8. The average Bonchev–Trinajstić information content (AvgIpc) is 2.67. The Morgan fingerprint density at radius 3 is 2.84 bits per heavy atom. The van der Waals surface area contributed by atoms with E-state index in [0.29, 0.717) is 18.5 Å². The van der Waals surface area contributed by atoms with Crippen molar-refractivity contribution >= 4 is 5.91 Å². The fraction of sp³-hybridized carbons (Fsp3) is 0.929. The van der Waals surface area contributed by atoms with E-state index in [1.54, 1.807) is 0 Å². The van der Waals surface area contributed by atoms with Crippen LogP contribution in [-0.4, -0.2) is 86.6 Å². The first-order chi connectivity index (χ1) is 9.16. The van der Waals surface area contributed by atoms with Crippen LogP contribution in [-0.2, 0) is 4.79 Å². The summed E-state index contributed by atoms with van der Waals surface area (Å²) >= 11 is 0. The Hall–Kier alpha value is -0.650. The second-order valence-electron chi connectivity index (χ2n) is 5.98. The molecule has 110 valence electrons. The largest absolute Gasteiger partial charge is 0.340 e. The summed E-state index contributed by atoms with van der Waals surface area (Å²) in [6, 6.07) is 0.531. The predicted octanol–water partition coefficient (Wildman–Crippen LogP) is -0.166. The molecular weight excluding hydrogens is 240 g/mol. The molecule has 5 nitrogen and oxygen atoms in total. The van der Waals surface area contributed by atoms with Crippen LogP contribution in [0.5, 0.6) is 0 Å². The van der Waals surface area contributed by atoms with E-state index >= 15 is 0 Å². The molecule has 1 amide bonds. The van der Waals surface area contributed by atoms with Crippen LogP contribution in [0.1, 0.15) is 19.3 Å². The standard InChI is InChI=1S/C14H28N4O/c1-16(2)13-5-3-9-18(11-13)14(19)12-17-8-4-6-15-7-10-17/h13,15H,3-12H2,1-2H3. The van der Waals surface area contributed by atoms with Gasteiger partial charge < -0.3 is 15.1 Å². The normalized spacial score (nSPS) is 26.5. The molecular formula is C14H28N4O. The van der Waals surface area contributed by atoms with Crippen molar-refractivity contribution in [2.75, 3.05) is 59.9 Å². The Morgan fingerprint density at radius 1 is 1.21 bits per heavy atom. The average molecular weight is 268 g/mol. The van der Waals surface area contributed by atoms with Gasteiger partial charge in [-0.15, -0.1) is 0 Å². The summed E-state index contributed by atoms with van der Waals surface area (Å²) in [7, 11) is 4.22. The topological polar surface area (TPSA) is 38.8 Å². The third-order valence-electron chi connectivity index (χ3n) is 4.27. The van der Waals surface area contributed by atoms with E-state index in [9.17, 15) is 4.79 Å². The highest BCUT2D eigenvalue weighted by Gasteiger charge is 2.25. The monoisotopic (exact) mass is 268 g/mol. The predicted molar refractivity (Wildman–Crippen MR) is 77.2 cm³/mol. The molecule has 0 aromatic heterocycles. The van der Waals surface area contributed by atoms with E-state index < -0.39 is 0 Å². The maximum absolute atomic E-state index is 12.4. The van der Waals surface area contributed by atoms with Gasteiger partial charge in [0.25, 0.3) is 0 Å². The van der Waals surface area contributed by atoms with Crippen molar-refractivity contribution in [1.29, 1.82) is 0 Å². The zero-order valence-corrected chi connectivity index (χ0v) is 12.4. The van der Waals surface area contributed by atoms with Gasteiger partial charge in [-0.05, 0) is 46.4 Å². The molecule has 2 rings (SSSR count). The summed E-state index contributed by atoms with van der Waals surface area (Å²) < 4.78 is 0. The number of carbonyl (C=O) groups is 1. The number of likely N-dealkylation sites (tertiary alicyclic amines) is 1. The minimum absolute atomic E-state index is 0.313. The van der Waals surface area contributed by atoms with Crippen molar-refractivity contribution in [3.63, 3.8) is 0 Å². The van der Waals surface area contributed by atoms with Crippen LogP contribution in [0, 0.1) is 0 Å². The third kappa shape index (κ3) is 4.44. The summed E-state index contributed by atoms with van der Waals surface area (Å²) in [5, 5.41) is 3.38. The summed E-state index contributed by atoms with van der Waals surface area (Å²) in [6.45, 7) is 6.57. The number of nitrogens with zero attached hydrogens (tertiary/aromatic N) is 3. The SMILES string of the molecule is CN(C)C1CCCN(C(=O)CN2CCCNCC2)C1. The van der Waals surface area contributed by atoms with Crippen LogP contribution in [0.15, 0.2) is 0 Å². The van der Waals surface area contributed by atoms with Gasteiger partial charge in [0.1, 0.15) is 0 Å². The number of amides is 1. The molecule has 5 heteroatoms. The number of nitrogens with one attached hydrogen (secondary N) is 1. The first-order valence-electron chi connectivity index (χ1n) is 7.54. The highest BCUT2D eigenvalue weighted by atomic mass is 16.2. The second kappa shape index (κ2) is 7.22. The lowest BCUT2D eigenvalue weighted by atomic mass is 10.0. The molecule has 19 heavy (non-hydrogen) atoms. The van der Waals surface area contributed by atoms with Crippen LogP contribution < -0.4 is 5.32 Å². The molecule has 0 bridgehead atoms. The Kier molecular flexibility index (Phi) is 5.60. The summed E-state index contributed by atoms with van der Waals surface area (Å²) in [5.41, 5.74) is 0. The minimum Gasteiger partial charge on any atom is -0.340 e. The molecule has 2 fully saturated rings. The summed E-state index contributed by atoms with van der Waals surface area (Å²) in [6.07, 6.45) is 3.49. The van der Waals surface area contributed by atoms with Crippen molar-refractivity contribution in [1.82, 2.24) is 20.0 Å². The maximum atomic E-state index is 12.4. The number of hydrogen-bond acceptors (Lipinski definition) is 4. The van der Waals surface area contributed by atoms with Gasteiger partial charge in [0.15, 0.2) is 0 Å². The molecule has 0 radical (unpaired) electrons. The zero-order chi connectivity index (χ0) is 13.7. The van der Waals surface area contributed by atoms with E-state index in [1.165, 1.54) is 6.42 Å². The van der Waals surface area contributed by atoms with E-state index in [0.717, 1.165) is 52.1 Å². The number of hydrogen-bond donors (Lipinski definition) is 1. The number of likely N-dealkylation sites (N-methyl/N-ethyl adjacent to an activating group) is 1. The molecule has 2 aliphatic heterocycles. The van der Waals surface area contributed by atoms with Crippen molar-refractivity contribution in [2.45, 2.75) is 25.3 Å². The molecule has 0 spiro atoms. The fourth-order valence-electron chi connectivity index (χ4n) is 2.95. The van der Waals surface area contributed by atoms with Gasteiger partial charge in [-0.1, -0.05) is 0 Å². The lowest BCUT2D eigenvalue weighted by Crippen LogP contribution is -2.50. The molecule has 1 atom stereocenters. The van der Waals surface area contributed by atoms with Crippen molar-refractivity contribution in [2.24, 2.45) is 0 Å². The molecule has 0 aromatic rings. The molecule has 2 aliphatic rings.